The summed E-state index contributed by atoms with van der Waals surface area (Å²) in [5.74, 6) is 1.22. The van der Waals surface area contributed by atoms with Gasteiger partial charge in [0.15, 0.2) is 11.5 Å². The second-order valence-corrected chi connectivity index (χ2v) is 5.43. The van der Waals surface area contributed by atoms with Gasteiger partial charge in [-0.2, -0.15) is 0 Å². The molecule has 3 unspecified atom stereocenters. The molecule has 1 aliphatic heterocycles. The smallest absolute Gasteiger partial charge is 0.252 e. The van der Waals surface area contributed by atoms with Gasteiger partial charge in [0.25, 0.3) is 5.91 Å². The predicted molar refractivity (Wildman–Crippen MR) is 69.8 cm³/mol. The van der Waals surface area contributed by atoms with Crippen LogP contribution in [0.4, 0.5) is 0 Å². The molecule has 0 spiro atoms. The van der Waals surface area contributed by atoms with Gasteiger partial charge in [-0.3, -0.25) is 4.79 Å². The second kappa shape index (κ2) is 3.81. The molecule has 1 aliphatic carbocycles. The molecule has 19 heavy (non-hydrogen) atoms. The number of nitrogens with zero attached hydrogens (tertiary/aromatic N) is 1. The number of nitrogens with one attached hydrogen (secondary N) is 1. The van der Waals surface area contributed by atoms with Crippen LogP contribution in [0.1, 0.15) is 35.0 Å². The van der Waals surface area contributed by atoms with Gasteiger partial charge in [0, 0.05) is 12.6 Å². The van der Waals surface area contributed by atoms with Crippen LogP contribution in [0.3, 0.4) is 0 Å². The van der Waals surface area contributed by atoms with E-state index >= 15 is 0 Å². The van der Waals surface area contributed by atoms with E-state index in [1.807, 2.05) is 6.07 Å². The molecule has 1 saturated carbocycles. The molecule has 0 radical (unpaired) electrons. The number of nitrogens with two attached hydrogens (primary N) is 1. The summed E-state index contributed by atoms with van der Waals surface area (Å²) in [5, 5.41) is 3.49. The maximum absolute atomic E-state index is 11.4. The summed E-state index contributed by atoms with van der Waals surface area (Å²) in [6, 6.07) is 5.94. The zero-order valence-corrected chi connectivity index (χ0v) is 10.4. The largest absolute Gasteiger partial charge is 0.439 e. The van der Waals surface area contributed by atoms with Crippen molar-refractivity contribution in [3.63, 3.8) is 0 Å². The van der Waals surface area contributed by atoms with Crippen LogP contribution in [-0.2, 0) is 0 Å². The molecule has 5 nitrogen and oxygen atoms in total. The minimum absolute atomic E-state index is 0.326. The number of rotatable bonds is 2. The van der Waals surface area contributed by atoms with Crippen molar-refractivity contribution in [3.8, 4) is 0 Å². The number of carbonyl (C=O) groups excluding carboxylic acids is 1. The van der Waals surface area contributed by atoms with Crippen molar-refractivity contribution in [2.24, 2.45) is 11.7 Å². The number of hydrogen-bond donors (Lipinski definition) is 2. The lowest BCUT2D eigenvalue weighted by Crippen LogP contribution is -2.36. The molecule has 1 saturated heterocycles. The molecule has 2 aromatic rings. The zero-order valence-electron chi connectivity index (χ0n) is 10.4. The van der Waals surface area contributed by atoms with Gasteiger partial charge in [0.1, 0.15) is 5.52 Å². The van der Waals surface area contributed by atoms with Crippen LogP contribution < -0.4 is 11.1 Å². The first-order valence-electron chi connectivity index (χ1n) is 6.66. The van der Waals surface area contributed by atoms with E-state index in [-0.39, 0.29) is 0 Å². The number of fused-ring (bicyclic) bond motifs is 2. The Bertz CT molecular complexity index is 664. The monoisotopic (exact) mass is 257 g/mol. The average Bonchev–Trinajstić information content (AvgIpc) is 2.89. The third kappa shape index (κ3) is 1.51. The molecule has 1 aromatic carbocycles. The fraction of sp³-hybridized carbons (Fsp3) is 0.429. The van der Waals surface area contributed by atoms with E-state index in [9.17, 15) is 4.79 Å². The lowest BCUT2D eigenvalue weighted by molar-refractivity contribution is 0.100. The van der Waals surface area contributed by atoms with Crippen molar-refractivity contribution in [1.29, 1.82) is 0 Å². The number of para-hydroxylation sites is 1. The van der Waals surface area contributed by atoms with Gasteiger partial charge < -0.3 is 15.5 Å². The first-order chi connectivity index (χ1) is 9.24. The SMILES string of the molecule is NC(=O)c1cccc2nc(C3CNC4CCC43)oc12. The predicted octanol–water partition coefficient (Wildman–Crippen LogP) is 1.39. The van der Waals surface area contributed by atoms with E-state index in [2.05, 4.69) is 10.3 Å². The van der Waals surface area contributed by atoms with E-state index in [0.29, 0.717) is 34.5 Å². The highest BCUT2D eigenvalue weighted by molar-refractivity contribution is 6.03. The third-order valence-electron chi connectivity index (χ3n) is 4.46. The molecule has 2 heterocycles. The van der Waals surface area contributed by atoms with Crippen LogP contribution >= 0.6 is 0 Å². The summed E-state index contributed by atoms with van der Waals surface area (Å²) in [4.78, 5) is 15.9. The first kappa shape index (κ1) is 11.0. The molecule has 5 heteroatoms. The number of amides is 1. The Morgan fingerprint density at radius 1 is 1.42 bits per heavy atom. The highest BCUT2D eigenvalue weighted by Gasteiger charge is 2.44. The van der Waals surface area contributed by atoms with Crippen molar-refractivity contribution in [2.75, 3.05) is 6.54 Å². The minimum Gasteiger partial charge on any atom is -0.439 e. The summed E-state index contributed by atoms with van der Waals surface area (Å²) in [6.45, 7) is 0.911. The minimum atomic E-state index is -0.473. The summed E-state index contributed by atoms with van der Waals surface area (Å²) in [7, 11) is 0. The molecule has 3 atom stereocenters. The first-order valence-corrected chi connectivity index (χ1v) is 6.66. The van der Waals surface area contributed by atoms with Crippen molar-refractivity contribution in [1.82, 2.24) is 10.3 Å². The van der Waals surface area contributed by atoms with Gasteiger partial charge in [0.05, 0.1) is 11.5 Å². The molecule has 0 bridgehead atoms. The van der Waals surface area contributed by atoms with Crippen LogP contribution in [0, 0.1) is 5.92 Å². The highest BCUT2D eigenvalue weighted by Crippen LogP contribution is 2.44. The molecule has 2 fully saturated rings. The van der Waals surface area contributed by atoms with Crippen LogP contribution in [0.15, 0.2) is 22.6 Å². The number of aromatic nitrogens is 1. The average molecular weight is 257 g/mol. The Hall–Kier alpha value is -1.88. The molecule has 1 amide bonds. The Morgan fingerprint density at radius 3 is 3.00 bits per heavy atom. The Morgan fingerprint density at radius 2 is 2.32 bits per heavy atom. The van der Waals surface area contributed by atoms with Crippen LogP contribution in [0.5, 0.6) is 0 Å². The fourth-order valence-corrected chi connectivity index (χ4v) is 3.28. The van der Waals surface area contributed by atoms with Gasteiger partial charge in [0.2, 0.25) is 0 Å². The number of primary amides is 1. The molecular weight excluding hydrogens is 242 g/mol. The maximum Gasteiger partial charge on any atom is 0.252 e. The van der Waals surface area contributed by atoms with Gasteiger partial charge in [-0.1, -0.05) is 6.07 Å². The number of carbonyl (C=O) groups is 1. The number of benzene rings is 1. The Balaban J connectivity index is 1.79. The number of hydrogen-bond acceptors (Lipinski definition) is 4. The lowest BCUT2D eigenvalue weighted by atomic mass is 9.75. The van der Waals surface area contributed by atoms with Gasteiger partial charge in [-0.05, 0) is 30.9 Å². The summed E-state index contributed by atoms with van der Waals surface area (Å²) in [6.07, 6.45) is 2.47. The van der Waals surface area contributed by atoms with E-state index in [0.717, 1.165) is 12.4 Å². The van der Waals surface area contributed by atoms with Gasteiger partial charge in [-0.25, -0.2) is 4.98 Å². The molecular formula is C14H15N3O2. The van der Waals surface area contributed by atoms with E-state index in [1.54, 1.807) is 12.1 Å². The summed E-state index contributed by atoms with van der Waals surface area (Å²) < 4.78 is 5.85. The molecule has 4 rings (SSSR count). The molecule has 1 aromatic heterocycles. The molecule has 2 aliphatic rings. The Kier molecular flexibility index (Phi) is 2.20. The van der Waals surface area contributed by atoms with Crippen LogP contribution in [0.25, 0.3) is 11.1 Å². The van der Waals surface area contributed by atoms with Crippen molar-refractivity contribution in [3.05, 3.63) is 29.7 Å². The maximum atomic E-state index is 11.4. The van der Waals surface area contributed by atoms with Crippen LogP contribution in [-0.4, -0.2) is 23.5 Å². The third-order valence-corrected chi connectivity index (χ3v) is 4.46. The fourth-order valence-electron chi connectivity index (χ4n) is 3.28. The van der Waals surface area contributed by atoms with E-state index < -0.39 is 5.91 Å². The topological polar surface area (TPSA) is 81.2 Å². The number of oxazole rings is 1. The van der Waals surface area contributed by atoms with Crippen molar-refractivity contribution < 1.29 is 9.21 Å². The lowest BCUT2D eigenvalue weighted by Gasteiger charge is -2.32. The van der Waals surface area contributed by atoms with E-state index in [4.69, 9.17) is 10.2 Å². The normalized spacial score (nSPS) is 29.2. The van der Waals surface area contributed by atoms with Crippen LogP contribution in [0.2, 0.25) is 0 Å². The quantitative estimate of drug-likeness (QED) is 0.852. The van der Waals surface area contributed by atoms with Gasteiger partial charge >= 0.3 is 0 Å². The summed E-state index contributed by atoms with van der Waals surface area (Å²) >= 11 is 0. The molecule has 3 N–H and O–H groups in total. The van der Waals surface area contributed by atoms with Gasteiger partial charge in [-0.15, -0.1) is 0 Å². The van der Waals surface area contributed by atoms with E-state index in [1.165, 1.54) is 12.8 Å². The Labute approximate surface area is 110 Å². The standard InChI is InChI=1S/C14H15N3O2/c15-13(18)8-2-1-3-11-12(8)19-14(17-11)9-6-16-10-5-4-7(9)10/h1-3,7,9-10,16H,4-6H2,(H2,15,18). The zero-order chi connectivity index (χ0) is 13.0. The second-order valence-electron chi connectivity index (χ2n) is 5.43. The summed E-state index contributed by atoms with van der Waals surface area (Å²) in [5.41, 5.74) is 7.01. The van der Waals surface area contributed by atoms with Crippen molar-refractivity contribution >= 4 is 17.0 Å². The molecule has 98 valence electrons. The highest BCUT2D eigenvalue weighted by atomic mass is 16.3. The van der Waals surface area contributed by atoms with Crippen molar-refractivity contribution in [2.45, 2.75) is 24.8 Å².